The van der Waals surface area contributed by atoms with E-state index in [9.17, 15) is 5.11 Å². The van der Waals surface area contributed by atoms with Crippen molar-refractivity contribution < 1.29 is 5.11 Å². The van der Waals surface area contributed by atoms with E-state index < -0.39 is 0 Å². The maximum Gasteiger partial charge on any atom is 0.0537 e. The summed E-state index contributed by atoms with van der Waals surface area (Å²) < 4.78 is 0. The minimum atomic E-state index is 0.206. The average Bonchev–Trinajstić information content (AvgIpc) is 2.27. The first-order valence-corrected chi connectivity index (χ1v) is 5.53. The molecule has 0 saturated carbocycles. The first-order valence-electron chi connectivity index (χ1n) is 5.53. The van der Waals surface area contributed by atoms with E-state index in [0.717, 1.165) is 0 Å². The highest BCUT2D eigenvalue weighted by atomic mass is 16.3. The van der Waals surface area contributed by atoms with Crippen LogP contribution in [-0.4, -0.2) is 11.7 Å². The molecule has 1 aromatic rings. The highest BCUT2D eigenvalue weighted by Crippen LogP contribution is 2.41. The number of hydrogen-bond donors (Lipinski definition) is 1. The van der Waals surface area contributed by atoms with Gasteiger partial charge in [0.05, 0.1) is 6.61 Å². The second-order valence-electron chi connectivity index (χ2n) is 4.45. The van der Waals surface area contributed by atoms with Crippen molar-refractivity contribution in [1.29, 1.82) is 0 Å². The van der Waals surface area contributed by atoms with Gasteiger partial charge in [-0.05, 0) is 25.0 Å². The first kappa shape index (κ1) is 10.4. The van der Waals surface area contributed by atoms with Gasteiger partial charge in [0.15, 0.2) is 0 Å². The van der Waals surface area contributed by atoms with Gasteiger partial charge in [0.25, 0.3) is 0 Å². The van der Waals surface area contributed by atoms with Crippen LogP contribution in [0.25, 0.3) is 0 Å². The van der Waals surface area contributed by atoms with Crippen LogP contribution in [-0.2, 0) is 0 Å². The summed E-state index contributed by atoms with van der Waals surface area (Å²) in [7, 11) is 0. The molecule has 0 amide bonds. The standard InChI is InChI=1S/C14H18O/c1-9-10(2)12-6-4-5-7-13(12)14(8-15)11(9)3/h4-7,10,14-15H,8H2,1-3H3. The van der Waals surface area contributed by atoms with E-state index in [1.165, 1.54) is 22.3 Å². The molecule has 1 nitrogen and oxygen atoms in total. The van der Waals surface area contributed by atoms with E-state index in [0.29, 0.717) is 5.92 Å². The summed E-state index contributed by atoms with van der Waals surface area (Å²) in [5.41, 5.74) is 5.42. The Morgan fingerprint density at radius 2 is 1.67 bits per heavy atom. The topological polar surface area (TPSA) is 20.2 Å². The van der Waals surface area contributed by atoms with Gasteiger partial charge >= 0.3 is 0 Å². The normalized spacial score (nSPS) is 25.3. The van der Waals surface area contributed by atoms with Crippen molar-refractivity contribution in [3.8, 4) is 0 Å². The molecular formula is C14H18O. The highest BCUT2D eigenvalue weighted by Gasteiger charge is 2.26. The Hall–Kier alpha value is -1.08. The number of fused-ring (bicyclic) bond motifs is 1. The summed E-state index contributed by atoms with van der Waals surface area (Å²) in [5.74, 6) is 0.696. The van der Waals surface area contributed by atoms with Gasteiger partial charge in [-0.2, -0.15) is 0 Å². The van der Waals surface area contributed by atoms with E-state index in [4.69, 9.17) is 0 Å². The Morgan fingerprint density at radius 1 is 1.07 bits per heavy atom. The van der Waals surface area contributed by atoms with Gasteiger partial charge in [-0.1, -0.05) is 42.3 Å². The molecule has 1 aromatic carbocycles. The number of benzene rings is 1. The number of aliphatic hydroxyl groups is 1. The average molecular weight is 202 g/mol. The molecule has 1 heteroatoms. The number of aliphatic hydroxyl groups excluding tert-OH is 1. The zero-order chi connectivity index (χ0) is 11.0. The van der Waals surface area contributed by atoms with Gasteiger partial charge in [-0.25, -0.2) is 0 Å². The number of hydrogen-bond acceptors (Lipinski definition) is 1. The summed E-state index contributed by atoms with van der Waals surface area (Å²) in [4.78, 5) is 0. The Labute approximate surface area is 91.4 Å². The summed E-state index contributed by atoms with van der Waals surface area (Å²) in [6.07, 6.45) is 0. The van der Waals surface area contributed by atoms with Crippen LogP contribution < -0.4 is 0 Å². The highest BCUT2D eigenvalue weighted by molar-refractivity contribution is 5.47. The molecule has 2 rings (SSSR count). The van der Waals surface area contributed by atoms with Gasteiger partial charge < -0.3 is 5.11 Å². The molecule has 0 spiro atoms. The quantitative estimate of drug-likeness (QED) is 0.693. The molecule has 0 saturated heterocycles. The van der Waals surface area contributed by atoms with E-state index >= 15 is 0 Å². The lowest BCUT2D eigenvalue weighted by molar-refractivity contribution is 0.276. The van der Waals surface area contributed by atoms with Crippen molar-refractivity contribution in [3.05, 3.63) is 46.5 Å². The molecule has 1 aliphatic carbocycles. The van der Waals surface area contributed by atoms with Crippen LogP contribution in [0.2, 0.25) is 0 Å². The van der Waals surface area contributed by atoms with Gasteiger partial charge in [-0.15, -0.1) is 0 Å². The Kier molecular flexibility index (Phi) is 2.66. The zero-order valence-electron chi connectivity index (χ0n) is 9.62. The molecule has 0 aromatic heterocycles. The molecule has 0 heterocycles. The van der Waals surface area contributed by atoms with Crippen molar-refractivity contribution in [3.63, 3.8) is 0 Å². The van der Waals surface area contributed by atoms with Crippen LogP contribution in [0.3, 0.4) is 0 Å². The van der Waals surface area contributed by atoms with Crippen molar-refractivity contribution >= 4 is 0 Å². The predicted molar refractivity (Wildman–Crippen MR) is 63.1 cm³/mol. The van der Waals surface area contributed by atoms with Gasteiger partial charge in [0.2, 0.25) is 0 Å². The summed E-state index contributed by atoms with van der Waals surface area (Å²) in [6, 6.07) is 8.46. The largest absolute Gasteiger partial charge is 0.395 e. The van der Waals surface area contributed by atoms with Crippen LogP contribution in [0.15, 0.2) is 35.4 Å². The minimum absolute atomic E-state index is 0.206. The van der Waals surface area contributed by atoms with Gasteiger partial charge in [0.1, 0.15) is 0 Å². The van der Waals surface area contributed by atoms with E-state index in [1.807, 2.05) is 0 Å². The van der Waals surface area contributed by atoms with Crippen molar-refractivity contribution in [2.45, 2.75) is 32.6 Å². The summed E-state index contributed by atoms with van der Waals surface area (Å²) in [6.45, 7) is 6.78. The zero-order valence-corrected chi connectivity index (χ0v) is 9.62. The lowest BCUT2D eigenvalue weighted by atomic mass is 9.74. The number of allylic oxidation sites excluding steroid dienone is 1. The summed E-state index contributed by atoms with van der Waals surface area (Å²) in [5, 5.41) is 9.48. The molecule has 80 valence electrons. The Balaban J connectivity index is 2.59. The van der Waals surface area contributed by atoms with Gasteiger partial charge in [-0.3, -0.25) is 0 Å². The fourth-order valence-electron chi connectivity index (χ4n) is 2.54. The Bertz CT molecular complexity index is 404. The van der Waals surface area contributed by atoms with E-state index in [2.05, 4.69) is 45.0 Å². The first-order chi connectivity index (χ1) is 7.16. The van der Waals surface area contributed by atoms with Crippen LogP contribution in [0.1, 0.15) is 43.7 Å². The number of rotatable bonds is 1. The van der Waals surface area contributed by atoms with E-state index in [1.54, 1.807) is 0 Å². The van der Waals surface area contributed by atoms with Crippen LogP contribution in [0.4, 0.5) is 0 Å². The lowest BCUT2D eigenvalue weighted by Crippen LogP contribution is -2.17. The molecule has 1 N–H and O–H groups in total. The molecule has 1 aliphatic rings. The minimum Gasteiger partial charge on any atom is -0.395 e. The second-order valence-corrected chi connectivity index (χ2v) is 4.45. The summed E-state index contributed by atoms with van der Waals surface area (Å²) >= 11 is 0. The molecular weight excluding hydrogens is 184 g/mol. The smallest absolute Gasteiger partial charge is 0.0537 e. The van der Waals surface area contributed by atoms with Crippen molar-refractivity contribution in [2.75, 3.05) is 6.61 Å². The second kappa shape index (κ2) is 3.82. The predicted octanol–water partition coefficient (Wildman–Crippen LogP) is 3.22. The molecule has 2 unspecified atom stereocenters. The van der Waals surface area contributed by atoms with Gasteiger partial charge in [0, 0.05) is 11.8 Å². The third-order valence-corrected chi connectivity index (χ3v) is 3.81. The van der Waals surface area contributed by atoms with Crippen LogP contribution in [0, 0.1) is 0 Å². The molecule has 0 fully saturated rings. The van der Waals surface area contributed by atoms with Crippen LogP contribution in [0.5, 0.6) is 0 Å². The third kappa shape index (κ3) is 1.51. The fourth-order valence-corrected chi connectivity index (χ4v) is 2.54. The molecule has 2 atom stereocenters. The monoisotopic (exact) mass is 202 g/mol. The third-order valence-electron chi connectivity index (χ3n) is 3.81. The maximum atomic E-state index is 9.48. The fraction of sp³-hybridized carbons (Fsp3) is 0.429. The van der Waals surface area contributed by atoms with Crippen molar-refractivity contribution in [2.24, 2.45) is 0 Å². The Morgan fingerprint density at radius 3 is 2.27 bits per heavy atom. The van der Waals surface area contributed by atoms with E-state index in [-0.39, 0.29) is 12.5 Å². The molecule has 0 bridgehead atoms. The van der Waals surface area contributed by atoms with Crippen molar-refractivity contribution in [1.82, 2.24) is 0 Å². The molecule has 0 radical (unpaired) electrons. The van der Waals surface area contributed by atoms with Crippen LogP contribution >= 0.6 is 0 Å². The SMILES string of the molecule is CC1=C(C)C(CO)c2ccccc2C1C. The lowest BCUT2D eigenvalue weighted by Gasteiger charge is -2.31. The maximum absolute atomic E-state index is 9.48. The molecule has 0 aliphatic heterocycles. The molecule has 15 heavy (non-hydrogen) atoms.